The quantitative estimate of drug-likeness (QED) is 0.150. The Bertz CT molecular complexity index is 3540. The minimum Gasteiger partial charge on any atom is -0.310 e. The van der Waals surface area contributed by atoms with Gasteiger partial charge in [-0.1, -0.05) is 142 Å². The summed E-state index contributed by atoms with van der Waals surface area (Å²) in [5.74, 6) is 2.84. The van der Waals surface area contributed by atoms with E-state index in [0.717, 1.165) is 11.8 Å². The van der Waals surface area contributed by atoms with Crippen LogP contribution in [0, 0.1) is 51.4 Å². The summed E-state index contributed by atoms with van der Waals surface area (Å²) in [6.07, 6.45) is 6.69. The Morgan fingerprint density at radius 3 is 1.39 bits per heavy atom. The van der Waals surface area contributed by atoms with Gasteiger partial charge in [-0.2, -0.15) is 0 Å². The van der Waals surface area contributed by atoms with Crippen LogP contribution < -0.4 is 9.80 Å². The van der Waals surface area contributed by atoms with Crippen molar-refractivity contribution in [3.63, 3.8) is 0 Å². The van der Waals surface area contributed by atoms with Gasteiger partial charge < -0.3 is 9.80 Å². The van der Waals surface area contributed by atoms with Crippen LogP contribution in [0.2, 0.25) is 0 Å². The fraction of sp³-hybridized carbons (Fsp3) is 0.257. The molecule has 0 unspecified atom stereocenters. The molecular formula is C70H66N2. The third-order valence-corrected chi connectivity index (χ3v) is 17.9. The van der Waals surface area contributed by atoms with Crippen LogP contribution in [0.5, 0.6) is 0 Å². The number of benzene rings is 9. The predicted molar refractivity (Wildman–Crippen MR) is 305 cm³/mol. The minimum absolute atomic E-state index is 0.0472. The fourth-order valence-electron chi connectivity index (χ4n) is 14.8. The van der Waals surface area contributed by atoms with E-state index in [1.54, 1.807) is 11.1 Å². The van der Waals surface area contributed by atoms with Gasteiger partial charge in [-0.15, -0.1) is 0 Å². The Morgan fingerprint density at radius 2 is 0.833 bits per heavy atom. The van der Waals surface area contributed by atoms with Crippen molar-refractivity contribution in [1.29, 1.82) is 0 Å². The second kappa shape index (κ2) is 17.0. The average molecular weight is 935 g/mol. The molecule has 356 valence electrons. The van der Waals surface area contributed by atoms with Crippen LogP contribution in [-0.4, -0.2) is 0 Å². The lowest BCUT2D eigenvalue weighted by Gasteiger charge is -2.61. The van der Waals surface area contributed by atoms with E-state index in [-0.39, 0.29) is 10.8 Å². The van der Waals surface area contributed by atoms with Gasteiger partial charge in [-0.05, 0) is 233 Å². The van der Waals surface area contributed by atoms with E-state index in [0.29, 0.717) is 11.8 Å². The molecule has 0 radical (unpaired) electrons. The second-order valence-corrected chi connectivity index (χ2v) is 23.2. The predicted octanol–water partition coefficient (Wildman–Crippen LogP) is 19.4. The van der Waals surface area contributed by atoms with Crippen LogP contribution in [0.1, 0.15) is 91.8 Å². The molecule has 0 aromatic heterocycles. The maximum absolute atomic E-state index is 2.71. The standard InChI is InChI=1S/C70H66N2/c1-44-17-11-13-21-58(44)60-32-29-55(35-46(60)3)71(53-19-9-8-10-20-53)57-31-34-64-65(42-57)70(51-38-48-37-49(40-51)41-52(70)39-48)66-43-67(62-23-15-16-24-63(62)68(64)66)72(54-27-25-50(26-28-54)69(5,6)7)56-30-33-61(47(4)36-56)59-22-14-12-18-45(59)2/h8-36,42-43,48-49,51-52H,37-41H2,1-7H3. The van der Waals surface area contributed by atoms with Crippen LogP contribution >= 0.6 is 0 Å². The topological polar surface area (TPSA) is 6.48 Å². The van der Waals surface area contributed by atoms with Gasteiger partial charge in [0.2, 0.25) is 0 Å². The molecule has 1 spiro atoms. The van der Waals surface area contributed by atoms with E-state index in [1.165, 1.54) is 138 Å². The monoisotopic (exact) mass is 935 g/mol. The molecule has 0 N–H and O–H groups in total. The van der Waals surface area contributed by atoms with Crippen LogP contribution in [-0.2, 0) is 10.8 Å². The van der Waals surface area contributed by atoms with Crippen molar-refractivity contribution in [2.75, 3.05) is 9.80 Å². The van der Waals surface area contributed by atoms with Crippen LogP contribution in [0.25, 0.3) is 44.2 Å². The Kier molecular flexibility index (Phi) is 10.6. The van der Waals surface area contributed by atoms with Gasteiger partial charge in [0, 0.05) is 39.2 Å². The molecule has 0 saturated heterocycles. The molecule has 9 aromatic carbocycles. The fourth-order valence-corrected chi connectivity index (χ4v) is 14.8. The van der Waals surface area contributed by atoms with Crippen molar-refractivity contribution >= 4 is 44.9 Å². The van der Waals surface area contributed by atoms with Gasteiger partial charge in [0.05, 0.1) is 5.69 Å². The summed E-state index contributed by atoms with van der Waals surface area (Å²) in [6, 6.07) is 72.1. The highest BCUT2D eigenvalue weighted by atomic mass is 15.1. The zero-order valence-corrected chi connectivity index (χ0v) is 43.1. The van der Waals surface area contributed by atoms with Crippen LogP contribution in [0.3, 0.4) is 0 Å². The Hall–Kier alpha value is -7.16. The number of para-hydroxylation sites is 1. The number of hydrogen-bond donors (Lipinski definition) is 0. The lowest BCUT2D eigenvalue weighted by molar-refractivity contribution is -0.0398. The Morgan fingerprint density at radius 1 is 0.375 bits per heavy atom. The summed E-state index contributed by atoms with van der Waals surface area (Å²) in [4.78, 5) is 5.12. The first-order valence-electron chi connectivity index (χ1n) is 26.8. The summed E-state index contributed by atoms with van der Waals surface area (Å²) in [7, 11) is 0. The van der Waals surface area contributed by atoms with Gasteiger partial charge in [0.25, 0.3) is 0 Å². The maximum Gasteiger partial charge on any atom is 0.0543 e. The summed E-state index contributed by atoms with van der Waals surface area (Å²) in [5, 5.41) is 2.65. The van der Waals surface area contributed by atoms with Crippen molar-refractivity contribution in [2.45, 2.75) is 91.4 Å². The van der Waals surface area contributed by atoms with E-state index in [4.69, 9.17) is 0 Å². The molecule has 2 nitrogen and oxygen atoms in total. The molecule has 4 bridgehead atoms. The summed E-state index contributed by atoms with van der Waals surface area (Å²) in [6.45, 7) is 16.0. The largest absolute Gasteiger partial charge is 0.310 e. The molecule has 14 rings (SSSR count). The Labute approximate surface area is 428 Å². The molecule has 5 aliphatic carbocycles. The molecule has 72 heavy (non-hydrogen) atoms. The first kappa shape index (κ1) is 44.8. The van der Waals surface area contributed by atoms with E-state index in [2.05, 4.69) is 246 Å². The smallest absolute Gasteiger partial charge is 0.0543 e. The summed E-state index contributed by atoms with van der Waals surface area (Å²) < 4.78 is 0. The van der Waals surface area contributed by atoms with Gasteiger partial charge in [-0.3, -0.25) is 0 Å². The first-order valence-corrected chi connectivity index (χ1v) is 26.8. The highest BCUT2D eigenvalue weighted by molar-refractivity contribution is 6.10. The van der Waals surface area contributed by atoms with Crippen molar-refractivity contribution < 1.29 is 0 Å². The lowest BCUT2D eigenvalue weighted by atomic mass is 9.43. The van der Waals surface area contributed by atoms with Crippen molar-refractivity contribution in [2.24, 2.45) is 23.7 Å². The van der Waals surface area contributed by atoms with E-state index in [1.807, 2.05) is 0 Å². The van der Waals surface area contributed by atoms with E-state index < -0.39 is 0 Å². The molecule has 0 atom stereocenters. The molecule has 0 heterocycles. The van der Waals surface area contributed by atoms with Crippen molar-refractivity contribution in [1.82, 2.24) is 0 Å². The zero-order chi connectivity index (χ0) is 49.0. The first-order chi connectivity index (χ1) is 34.9. The van der Waals surface area contributed by atoms with Crippen molar-refractivity contribution in [3.8, 4) is 33.4 Å². The summed E-state index contributed by atoms with van der Waals surface area (Å²) in [5.41, 5.74) is 24.9. The number of nitrogens with zero attached hydrogens (tertiary/aromatic N) is 2. The molecule has 9 aromatic rings. The number of hydrogen-bond acceptors (Lipinski definition) is 2. The second-order valence-electron chi connectivity index (χ2n) is 23.2. The van der Waals surface area contributed by atoms with Gasteiger partial charge in [0.1, 0.15) is 0 Å². The van der Waals surface area contributed by atoms with Gasteiger partial charge in [-0.25, -0.2) is 0 Å². The van der Waals surface area contributed by atoms with Gasteiger partial charge >= 0.3 is 0 Å². The molecule has 0 amide bonds. The maximum atomic E-state index is 2.71. The number of rotatable bonds is 8. The summed E-state index contributed by atoms with van der Waals surface area (Å²) >= 11 is 0. The lowest BCUT2D eigenvalue weighted by Crippen LogP contribution is -2.55. The van der Waals surface area contributed by atoms with Crippen molar-refractivity contribution in [3.05, 3.63) is 227 Å². The number of anilines is 6. The van der Waals surface area contributed by atoms with Crippen LogP contribution in [0.15, 0.2) is 188 Å². The SMILES string of the molecule is Cc1ccccc1-c1ccc(N(c2ccccc2)c2ccc3c(c2)C2(c4cc(N(c5ccc(C(C)(C)C)cc5)c5ccc(-c6ccccc6C)c(C)c5)c5ccccc5c4-3)C3CC4CC(C3)CC2C4)cc1C. The number of aryl methyl sites for hydroxylation is 4. The van der Waals surface area contributed by atoms with E-state index >= 15 is 0 Å². The zero-order valence-electron chi connectivity index (χ0n) is 43.1. The molecular weight excluding hydrogens is 869 g/mol. The Balaban J connectivity index is 1.03. The molecule has 5 aliphatic rings. The van der Waals surface area contributed by atoms with E-state index in [9.17, 15) is 0 Å². The minimum atomic E-state index is -0.0911. The molecule has 4 fully saturated rings. The molecule has 4 saturated carbocycles. The average Bonchev–Trinajstić information content (AvgIpc) is 3.67. The third kappa shape index (κ3) is 7.03. The highest BCUT2D eigenvalue weighted by Gasteiger charge is 2.62. The van der Waals surface area contributed by atoms with Gasteiger partial charge in [0.15, 0.2) is 0 Å². The molecule has 0 aliphatic heterocycles. The third-order valence-electron chi connectivity index (χ3n) is 17.9. The normalized spacial score (nSPS) is 20.5. The van der Waals surface area contributed by atoms with Crippen LogP contribution in [0.4, 0.5) is 34.1 Å². The molecule has 2 heteroatoms. The number of fused-ring (bicyclic) bond motifs is 5. The highest BCUT2D eigenvalue weighted by Crippen LogP contribution is 2.71.